The topological polar surface area (TPSA) is 15.3 Å². The molecular weight excluding hydrogens is 215 g/mol. The fourth-order valence-corrected chi connectivity index (χ4v) is 1.25. The summed E-state index contributed by atoms with van der Waals surface area (Å²) < 4.78 is 2.34. The molecule has 48 valence electrons. The molecule has 0 aliphatic carbocycles. The lowest BCUT2D eigenvalue weighted by Gasteiger charge is -2.27. The normalized spacial score (nSPS) is 33.0. The Morgan fingerprint density at radius 3 is 2.88 bits per heavy atom. The van der Waals surface area contributed by atoms with E-state index in [0.717, 1.165) is 13.1 Å². The molecule has 0 amide bonds. The second-order valence-electron chi connectivity index (χ2n) is 2.18. The third kappa shape index (κ3) is 1.56. The van der Waals surface area contributed by atoms with Gasteiger partial charge in [0.1, 0.15) is 0 Å². The van der Waals surface area contributed by atoms with Gasteiger partial charge in [0.05, 0.1) is 0 Å². The van der Waals surface area contributed by atoms with Crippen LogP contribution in [0.2, 0.25) is 0 Å². The largest absolute Gasteiger partial charge is 0.314 e. The van der Waals surface area contributed by atoms with Crippen LogP contribution < -0.4 is 5.32 Å². The lowest BCUT2D eigenvalue weighted by Crippen LogP contribution is -2.44. The van der Waals surface area contributed by atoms with Gasteiger partial charge < -0.3 is 5.32 Å². The summed E-state index contributed by atoms with van der Waals surface area (Å²) in [6.45, 7) is 5.70. The summed E-state index contributed by atoms with van der Waals surface area (Å²) in [4.78, 5) is 0. The van der Waals surface area contributed by atoms with Crippen molar-refractivity contribution in [3.63, 3.8) is 0 Å². The summed E-state index contributed by atoms with van der Waals surface area (Å²) in [5.41, 5.74) is 0. The van der Waals surface area contributed by atoms with E-state index in [-0.39, 0.29) is 0 Å². The summed E-state index contributed by atoms with van der Waals surface area (Å²) in [5.74, 6) is 0. The summed E-state index contributed by atoms with van der Waals surface area (Å²) in [7, 11) is 0. The van der Waals surface area contributed by atoms with Gasteiger partial charge >= 0.3 is 0 Å². The number of hydrogen-bond donors (Lipinski definition) is 1. The van der Waals surface area contributed by atoms with Gasteiger partial charge in [-0.15, -0.1) is 0 Å². The van der Waals surface area contributed by atoms with Crippen LogP contribution in [0.3, 0.4) is 0 Å². The highest BCUT2D eigenvalue weighted by Crippen LogP contribution is 2.06. The molecule has 8 heavy (non-hydrogen) atoms. The minimum Gasteiger partial charge on any atom is -0.314 e. The average molecular weight is 226 g/mol. The molecule has 1 fully saturated rings. The van der Waals surface area contributed by atoms with Crippen LogP contribution in [0, 0.1) is 0 Å². The zero-order valence-electron chi connectivity index (χ0n) is 5.02. The lowest BCUT2D eigenvalue weighted by molar-refractivity contribution is 0.334. The van der Waals surface area contributed by atoms with Crippen molar-refractivity contribution in [2.45, 2.75) is 13.0 Å². The first-order valence-electron chi connectivity index (χ1n) is 2.94. The fraction of sp³-hybridized carbons (Fsp3) is 1.00. The molecule has 0 spiro atoms. The minimum absolute atomic E-state index is 0.712. The smallest absolute Gasteiger partial charge is 0.0291 e. The van der Waals surface area contributed by atoms with Crippen molar-refractivity contribution >= 4 is 22.9 Å². The molecule has 0 saturated carbocycles. The van der Waals surface area contributed by atoms with Crippen molar-refractivity contribution in [3.8, 4) is 0 Å². The van der Waals surface area contributed by atoms with Gasteiger partial charge in [0.25, 0.3) is 0 Å². The van der Waals surface area contributed by atoms with Crippen LogP contribution in [-0.2, 0) is 0 Å². The third-order valence-electron chi connectivity index (χ3n) is 1.42. The van der Waals surface area contributed by atoms with E-state index in [0.29, 0.717) is 6.04 Å². The molecule has 1 rings (SSSR count). The van der Waals surface area contributed by atoms with Crippen LogP contribution in [0.25, 0.3) is 0 Å². The van der Waals surface area contributed by atoms with Crippen LogP contribution in [-0.4, -0.2) is 28.8 Å². The molecule has 1 heterocycles. The molecular formula is C5H11IN2. The van der Waals surface area contributed by atoms with Crippen LogP contribution >= 0.6 is 22.9 Å². The predicted octanol–water partition coefficient (Wildman–Crippen LogP) is 0.630. The molecule has 0 aromatic rings. The molecule has 0 unspecified atom stereocenters. The van der Waals surface area contributed by atoms with E-state index >= 15 is 0 Å². The van der Waals surface area contributed by atoms with Crippen molar-refractivity contribution in [1.82, 2.24) is 8.43 Å². The quantitative estimate of drug-likeness (QED) is 0.481. The fourth-order valence-electron chi connectivity index (χ4n) is 0.816. The Bertz CT molecular complexity index is 66.8. The summed E-state index contributed by atoms with van der Waals surface area (Å²) >= 11 is 2.38. The van der Waals surface area contributed by atoms with Gasteiger partial charge in [-0.3, -0.25) is 0 Å². The Morgan fingerprint density at radius 1 is 1.75 bits per heavy atom. The highest BCUT2D eigenvalue weighted by Gasteiger charge is 2.13. The molecule has 0 aromatic carbocycles. The van der Waals surface area contributed by atoms with Gasteiger partial charge in [0.2, 0.25) is 0 Å². The van der Waals surface area contributed by atoms with E-state index in [9.17, 15) is 0 Å². The maximum Gasteiger partial charge on any atom is 0.0291 e. The zero-order chi connectivity index (χ0) is 5.98. The first kappa shape index (κ1) is 6.77. The molecule has 1 aliphatic rings. The second-order valence-corrected chi connectivity index (χ2v) is 3.42. The molecule has 0 radical (unpaired) electrons. The monoisotopic (exact) mass is 226 g/mol. The Hall–Kier alpha value is 0.650. The molecule has 0 aromatic heterocycles. The Kier molecular flexibility index (Phi) is 2.52. The first-order chi connectivity index (χ1) is 3.80. The van der Waals surface area contributed by atoms with Crippen molar-refractivity contribution < 1.29 is 0 Å². The van der Waals surface area contributed by atoms with Gasteiger partial charge in [-0.1, -0.05) is 0 Å². The lowest BCUT2D eigenvalue weighted by atomic mass is 10.3. The number of halogens is 1. The highest BCUT2D eigenvalue weighted by molar-refractivity contribution is 14.1. The second kappa shape index (κ2) is 2.98. The molecule has 2 nitrogen and oxygen atoms in total. The summed E-state index contributed by atoms with van der Waals surface area (Å²) in [6, 6.07) is 0.712. The SMILES string of the molecule is C[C@H]1CNCCN1I. The van der Waals surface area contributed by atoms with Crippen LogP contribution in [0.1, 0.15) is 6.92 Å². The maximum atomic E-state index is 3.32. The first-order valence-corrected chi connectivity index (χ1v) is 3.90. The molecule has 3 heteroatoms. The number of piperazine rings is 1. The minimum atomic E-state index is 0.712. The number of hydrogen-bond acceptors (Lipinski definition) is 2. The molecule has 1 N–H and O–H groups in total. The number of nitrogens with zero attached hydrogens (tertiary/aromatic N) is 1. The van der Waals surface area contributed by atoms with E-state index in [1.807, 2.05) is 0 Å². The summed E-state index contributed by atoms with van der Waals surface area (Å²) in [6.07, 6.45) is 0. The van der Waals surface area contributed by atoms with E-state index in [1.54, 1.807) is 0 Å². The molecule has 1 saturated heterocycles. The summed E-state index contributed by atoms with van der Waals surface area (Å²) in [5, 5.41) is 3.32. The molecule has 1 aliphatic heterocycles. The Balaban J connectivity index is 2.28. The average Bonchev–Trinajstić information content (AvgIpc) is 1.77. The molecule has 1 atom stereocenters. The van der Waals surface area contributed by atoms with Gasteiger partial charge in [0, 0.05) is 48.5 Å². The Labute approximate surface area is 64.1 Å². The van der Waals surface area contributed by atoms with Gasteiger partial charge in [0.15, 0.2) is 0 Å². The van der Waals surface area contributed by atoms with Crippen molar-refractivity contribution in [1.29, 1.82) is 0 Å². The third-order valence-corrected chi connectivity index (χ3v) is 2.85. The van der Waals surface area contributed by atoms with Crippen LogP contribution in [0.4, 0.5) is 0 Å². The van der Waals surface area contributed by atoms with E-state index < -0.39 is 0 Å². The van der Waals surface area contributed by atoms with Crippen molar-refractivity contribution in [2.75, 3.05) is 19.6 Å². The molecule has 0 bridgehead atoms. The van der Waals surface area contributed by atoms with Crippen molar-refractivity contribution in [3.05, 3.63) is 0 Å². The van der Waals surface area contributed by atoms with Crippen LogP contribution in [0.5, 0.6) is 0 Å². The van der Waals surface area contributed by atoms with Crippen LogP contribution in [0.15, 0.2) is 0 Å². The number of nitrogens with one attached hydrogen (secondary N) is 1. The highest BCUT2D eigenvalue weighted by atomic mass is 127. The van der Waals surface area contributed by atoms with E-state index in [1.165, 1.54) is 6.54 Å². The van der Waals surface area contributed by atoms with E-state index in [2.05, 4.69) is 38.2 Å². The number of rotatable bonds is 0. The van der Waals surface area contributed by atoms with Gasteiger partial charge in [-0.05, 0) is 6.92 Å². The standard InChI is InChI=1S/C5H11IN2/c1-5-4-7-2-3-8(5)6/h5,7H,2-4H2,1H3/t5-/m0/s1. The maximum absolute atomic E-state index is 3.32. The van der Waals surface area contributed by atoms with Crippen molar-refractivity contribution in [2.24, 2.45) is 0 Å². The van der Waals surface area contributed by atoms with Gasteiger partial charge in [-0.25, -0.2) is 3.11 Å². The van der Waals surface area contributed by atoms with Gasteiger partial charge in [-0.2, -0.15) is 0 Å². The van der Waals surface area contributed by atoms with E-state index in [4.69, 9.17) is 0 Å². The zero-order valence-corrected chi connectivity index (χ0v) is 7.18. The predicted molar refractivity (Wildman–Crippen MR) is 43.1 cm³/mol. The Morgan fingerprint density at radius 2 is 2.50 bits per heavy atom.